The molecule has 0 saturated carbocycles. The number of nitrogens with zero attached hydrogens (tertiary/aromatic N) is 1. The van der Waals surface area contributed by atoms with Crippen LogP contribution in [0.15, 0.2) is 39.5 Å². The highest BCUT2D eigenvalue weighted by Gasteiger charge is 2.01. The van der Waals surface area contributed by atoms with Crippen molar-refractivity contribution in [2.24, 2.45) is 0 Å². The lowest BCUT2D eigenvalue weighted by atomic mass is 10.4. The summed E-state index contributed by atoms with van der Waals surface area (Å²) in [4.78, 5) is 4.15. The van der Waals surface area contributed by atoms with Gasteiger partial charge in [-0.1, -0.05) is 0 Å². The van der Waals surface area contributed by atoms with E-state index in [1.807, 2.05) is 12.1 Å². The molecule has 0 saturated heterocycles. The van der Waals surface area contributed by atoms with Gasteiger partial charge in [0.2, 0.25) is 0 Å². The molecule has 0 aliphatic carbocycles. The van der Waals surface area contributed by atoms with Crippen molar-refractivity contribution in [2.75, 3.05) is 11.1 Å². The maximum absolute atomic E-state index is 5.78. The first-order valence-corrected chi connectivity index (χ1v) is 5.22. The third-order valence-corrected chi connectivity index (χ3v) is 2.33. The van der Waals surface area contributed by atoms with Crippen molar-refractivity contribution in [1.82, 2.24) is 4.98 Å². The molecule has 0 aliphatic rings. The van der Waals surface area contributed by atoms with Crippen LogP contribution >= 0.6 is 15.9 Å². The summed E-state index contributed by atoms with van der Waals surface area (Å²) >= 11 is 3.30. The standard InChI is InChI=1S/C10H10BrN3O/c11-7-4-9(12)10(13-5-7)14-6-8-2-1-3-15-8/h1-5H,6,12H2,(H,13,14). The number of nitrogen functional groups attached to an aromatic ring is 1. The Hall–Kier alpha value is -1.49. The van der Waals surface area contributed by atoms with Crippen molar-refractivity contribution in [3.05, 3.63) is 40.9 Å². The summed E-state index contributed by atoms with van der Waals surface area (Å²) in [6.07, 6.45) is 3.33. The van der Waals surface area contributed by atoms with Gasteiger partial charge < -0.3 is 15.5 Å². The summed E-state index contributed by atoms with van der Waals surface area (Å²) in [6.45, 7) is 0.575. The first-order valence-electron chi connectivity index (χ1n) is 4.43. The third kappa shape index (κ3) is 2.50. The molecule has 2 aromatic rings. The molecule has 78 valence electrons. The molecule has 15 heavy (non-hydrogen) atoms. The number of hydrogen-bond acceptors (Lipinski definition) is 4. The summed E-state index contributed by atoms with van der Waals surface area (Å²) in [5.74, 6) is 1.51. The molecule has 5 heteroatoms. The van der Waals surface area contributed by atoms with Crippen LogP contribution in [0.1, 0.15) is 5.76 Å². The Kier molecular flexibility index (Phi) is 2.91. The Bertz CT molecular complexity index is 442. The topological polar surface area (TPSA) is 64.1 Å². The molecule has 3 N–H and O–H groups in total. The van der Waals surface area contributed by atoms with Crippen molar-refractivity contribution in [1.29, 1.82) is 0 Å². The number of nitrogens with one attached hydrogen (secondary N) is 1. The van der Waals surface area contributed by atoms with Crippen LogP contribution in [0.25, 0.3) is 0 Å². The second-order valence-electron chi connectivity index (χ2n) is 3.02. The molecule has 0 amide bonds. The third-order valence-electron chi connectivity index (χ3n) is 1.89. The Labute approximate surface area is 95.6 Å². The van der Waals surface area contributed by atoms with Crippen molar-refractivity contribution in [2.45, 2.75) is 6.54 Å². The van der Waals surface area contributed by atoms with E-state index < -0.39 is 0 Å². The largest absolute Gasteiger partial charge is 0.467 e. The number of halogens is 1. The van der Waals surface area contributed by atoms with Gasteiger partial charge in [-0.2, -0.15) is 0 Å². The lowest BCUT2D eigenvalue weighted by Gasteiger charge is -2.06. The number of rotatable bonds is 3. The number of pyridine rings is 1. The van der Waals surface area contributed by atoms with E-state index >= 15 is 0 Å². The fourth-order valence-corrected chi connectivity index (χ4v) is 1.54. The van der Waals surface area contributed by atoms with Crippen molar-refractivity contribution >= 4 is 27.4 Å². The smallest absolute Gasteiger partial charge is 0.149 e. The van der Waals surface area contributed by atoms with E-state index in [9.17, 15) is 0 Å². The highest BCUT2D eigenvalue weighted by atomic mass is 79.9. The first-order chi connectivity index (χ1) is 7.25. The van der Waals surface area contributed by atoms with Crippen LogP contribution in [0.2, 0.25) is 0 Å². The van der Waals surface area contributed by atoms with Gasteiger partial charge >= 0.3 is 0 Å². The van der Waals surface area contributed by atoms with Crippen molar-refractivity contribution < 1.29 is 4.42 Å². The summed E-state index contributed by atoms with van der Waals surface area (Å²) in [6, 6.07) is 5.54. The van der Waals surface area contributed by atoms with Gasteiger partial charge in [0.25, 0.3) is 0 Å². The average Bonchev–Trinajstić information content (AvgIpc) is 2.69. The van der Waals surface area contributed by atoms with Gasteiger partial charge in [-0.05, 0) is 34.1 Å². The molecule has 0 radical (unpaired) electrons. The fraction of sp³-hybridized carbons (Fsp3) is 0.100. The minimum atomic E-state index is 0.575. The number of hydrogen-bond donors (Lipinski definition) is 2. The van der Waals surface area contributed by atoms with Crippen LogP contribution < -0.4 is 11.1 Å². The lowest BCUT2D eigenvalue weighted by Crippen LogP contribution is -2.03. The van der Waals surface area contributed by atoms with Gasteiger partial charge in [-0.3, -0.25) is 0 Å². The zero-order valence-electron chi connectivity index (χ0n) is 7.90. The van der Waals surface area contributed by atoms with E-state index in [-0.39, 0.29) is 0 Å². The zero-order chi connectivity index (χ0) is 10.7. The van der Waals surface area contributed by atoms with Crippen molar-refractivity contribution in [3.8, 4) is 0 Å². The molecule has 0 spiro atoms. The monoisotopic (exact) mass is 267 g/mol. The lowest BCUT2D eigenvalue weighted by molar-refractivity contribution is 0.518. The predicted molar refractivity (Wildman–Crippen MR) is 62.4 cm³/mol. The highest BCUT2D eigenvalue weighted by Crippen LogP contribution is 2.20. The Morgan fingerprint density at radius 1 is 1.53 bits per heavy atom. The first kappa shape index (κ1) is 10.0. The SMILES string of the molecule is Nc1cc(Br)cnc1NCc1ccco1. The average molecular weight is 268 g/mol. The molecule has 0 bridgehead atoms. The molecule has 2 aromatic heterocycles. The summed E-state index contributed by atoms with van der Waals surface area (Å²) < 4.78 is 6.04. The maximum atomic E-state index is 5.78. The number of anilines is 2. The van der Waals surface area contributed by atoms with Gasteiger partial charge in [0, 0.05) is 10.7 Å². The van der Waals surface area contributed by atoms with Gasteiger partial charge in [-0.15, -0.1) is 0 Å². The molecule has 2 heterocycles. The second kappa shape index (κ2) is 4.35. The molecular weight excluding hydrogens is 258 g/mol. The number of aromatic nitrogens is 1. The minimum Gasteiger partial charge on any atom is -0.467 e. The van der Waals surface area contributed by atoms with Crippen LogP contribution in [0, 0.1) is 0 Å². The Morgan fingerprint density at radius 2 is 2.40 bits per heavy atom. The van der Waals surface area contributed by atoms with Crippen LogP contribution in [0.4, 0.5) is 11.5 Å². The molecule has 0 fully saturated rings. The molecule has 0 aliphatic heterocycles. The van der Waals surface area contributed by atoms with E-state index in [1.54, 1.807) is 18.5 Å². The van der Waals surface area contributed by atoms with E-state index in [0.717, 1.165) is 10.2 Å². The van der Waals surface area contributed by atoms with Crippen LogP contribution in [0.3, 0.4) is 0 Å². The predicted octanol–water partition coefficient (Wildman–Crippen LogP) is 2.63. The van der Waals surface area contributed by atoms with Crippen LogP contribution in [-0.2, 0) is 6.54 Å². The number of nitrogens with two attached hydrogens (primary N) is 1. The summed E-state index contributed by atoms with van der Waals surface area (Å²) in [5, 5.41) is 3.09. The van der Waals surface area contributed by atoms with Gasteiger partial charge in [0.05, 0.1) is 18.5 Å². The molecule has 0 aromatic carbocycles. The quantitative estimate of drug-likeness (QED) is 0.898. The van der Waals surface area contributed by atoms with Gasteiger partial charge in [0.15, 0.2) is 0 Å². The maximum Gasteiger partial charge on any atom is 0.149 e. The number of furan rings is 1. The van der Waals surface area contributed by atoms with E-state index in [0.29, 0.717) is 18.1 Å². The van der Waals surface area contributed by atoms with Gasteiger partial charge in [0.1, 0.15) is 11.6 Å². The minimum absolute atomic E-state index is 0.575. The molecular formula is C10H10BrN3O. The van der Waals surface area contributed by atoms with Crippen LogP contribution in [-0.4, -0.2) is 4.98 Å². The Morgan fingerprint density at radius 3 is 3.07 bits per heavy atom. The highest BCUT2D eigenvalue weighted by molar-refractivity contribution is 9.10. The molecule has 0 atom stereocenters. The van der Waals surface area contributed by atoms with Crippen molar-refractivity contribution in [3.63, 3.8) is 0 Å². The molecule has 2 rings (SSSR count). The van der Waals surface area contributed by atoms with Crippen LogP contribution in [0.5, 0.6) is 0 Å². The van der Waals surface area contributed by atoms with Gasteiger partial charge in [-0.25, -0.2) is 4.98 Å². The second-order valence-corrected chi connectivity index (χ2v) is 3.94. The normalized spacial score (nSPS) is 10.2. The molecule has 0 unspecified atom stereocenters. The summed E-state index contributed by atoms with van der Waals surface area (Å²) in [5.41, 5.74) is 6.38. The fourth-order valence-electron chi connectivity index (χ4n) is 1.19. The van der Waals surface area contributed by atoms with E-state index in [2.05, 4.69) is 26.2 Å². The molecule has 4 nitrogen and oxygen atoms in total. The zero-order valence-corrected chi connectivity index (χ0v) is 9.49. The Balaban J connectivity index is 2.05. The summed E-state index contributed by atoms with van der Waals surface area (Å²) in [7, 11) is 0. The van der Waals surface area contributed by atoms with E-state index in [1.165, 1.54) is 0 Å². The van der Waals surface area contributed by atoms with E-state index in [4.69, 9.17) is 10.2 Å².